The lowest BCUT2D eigenvalue weighted by Crippen LogP contribution is -1.93. The summed E-state index contributed by atoms with van der Waals surface area (Å²) in [5, 5.41) is 12.8. The third kappa shape index (κ3) is 1.41. The van der Waals surface area contributed by atoms with Crippen LogP contribution in [0.2, 0.25) is 0 Å². The van der Waals surface area contributed by atoms with Crippen molar-refractivity contribution in [2.45, 2.75) is 12.1 Å². The molecule has 0 atom stereocenters. The lowest BCUT2D eigenvalue weighted by atomic mass is 10.3. The fraction of sp³-hybridized carbons (Fsp3) is 0.375. The third-order valence-electron chi connectivity index (χ3n) is 1.87. The smallest absolute Gasteiger partial charge is 0.191 e. The van der Waals surface area contributed by atoms with E-state index in [1.807, 2.05) is 30.9 Å². The van der Waals surface area contributed by atoms with Crippen molar-refractivity contribution in [2.75, 3.05) is 6.26 Å². The Balaban J connectivity index is 2.46. The van der Waals surface area contributed by atoms with E-state index in [0.717, 1.165) is 22.4 Å². The minimum Gasteiger partial charge on any atom is -0.361 e. The van der Waals surface area contributed by atoms with Crippen LogP contribution in [0.1, 0.15) is 5.76 Å². The van der Waals surface area contributed by atoms with Gasteiger partial charge in [0.15, 0.2) is 16.7 Å². The fourth-order valence-electron chi connectivity index (χ4n) is 1.19. The van der Waals surface area contributed by atoms with Crippen LogP contribution in [0.5, 0.6) is 0 Å². The molecule has 5 nitrogen and oxygen atoms in total. The number of thioether (sulfide) groups is 1. The Morgan fingerprint density at radius 2 is 2.21 bits per heavy atom. The molecule has 2 aromatic heterocycles. The van der Waals surface area contributed by atoms with E-state index in [0.29, 0.717) is 0 Å². The van der Waals surface area contributed by atoms with Crippen LogP contribution in [0.15, 0.2) is 15.7 Å². The number of nitrogens with zero attached hydrogens (tertiary/aromatic N) is 4. The Bertz CT molecular complexity index is 448. The van der Waals surface area contributed by atoms with E-state index in [9.17, 15) is 0 Å². The number of hydrogen-bond acceptors (Lipinski definition) is 5. The van der Waals surface area contributed by atoms with E-state index in [4.69, 9.17) is 4.52 Å². The Kier molecular flexibility index (Phi) is 2.28. The average Bonchev–Trinajstić information content (AvgIpc) is 2.72. The van der Waals surface area contributed by atoms with Gasteiger partial charge in [-0.15, -0.1) is 10.2 Å². The summed E-state index contributed by atoms with van der Waals surface area (Å²) in [5.74, 6) is 1.50. The quantitative estimate of drug-likeness (QED) is 0.703. The minimum absolute atomic E-state index is 0.720. The molecule has 2 aromatic rings. The molecule has 0 aliphatic heterocycles. The summed E-state index contributed by atoms with van der Waals surface area (Å²) in [6, 6.07) is 1.84. The second-order valence-corrected chi connectivity index (χ2v) is 3.67. The predicted molar refractivity (Wildman–Crippen MR) is 53.0 cm³/mol. The van der Waals surface area contributed by atoms with Gasteiger partial charge in [-0.25, -0.2) is 0 Å². The van der Waals surface area contributed by atoms with Crippen LogP contribution in [0.25, 0.3) is 11.5 Å². The highest BCUT2D eigenvalue weighted by atomic mass is 32.2. The van der Waals surface area contributed by atoms with Gasteiger partial charge in [0.2, 0.25) is 0 Å². The molecule has 14 heavy (non-hydrogen) atoms. The normalized spacial score (nSPS) is 10.8. The van der Waals surface area contributed by atoms with Crippen molar-refractivity contribution in [1.82, 2.24) is 19.9 Å². The molecule has 0 unspecified atom stereocenters. The van der Waals surface area contributed by atoms with Crippen LogP contribution in [-0.2, 0) is 7.05 Å². The van der Waals surface area contributed by atoms with Gasteiger partial charge in [0, 0.05) is 13.1 Å². The summed E-state index contributed by atoms with van der Waals surface area (Å²) in [5.41, 5.74) is 0.720. The largest absolute Gasteiger partial charge is 0.361 e. The van der Waals surface area contributed by atoms with E-state index in [-0.39, 0.29) is 0 Å². The summed E-state index contributed by atoms with van der Waals surface area (Å²) in [6.07, 6.45) is 1.96. The first-order chi connectivity index (χ1) is 6.72. The molecule has 0 aliphatic carbocycles. The Hall–Kier alpha value is -1.30. The van der Waals surface area contributed by atoms with Gasteiger partial charge < -0.3 is 9.09 Å². The fourth-order valence-corrected chi connectivity index (χ4v) is 1.67. The van der Waals surface area contributed by atoms with E-state index in [2.05, 4.69) is 15.4 Å². The maximum atomic E-state index is 4.98. The van der Waals surface area contributed by atoms with E-state index in [1.54, 1.807) is 11.8 Å². The topological polar surface area (TPSA) is 56.7 Å². The van der Waals surface area contributed by atoms with Crippen molar-refractivity contribution in [3.05, 3.63) is 11.8 Å². The first-order valence-corrected chi connectivity index (χ1v) is 5.32. The lowest BCUT2D eigenvalue weighted by molar-refractivity contribution is 0.399. The molecule has 0 aliphatic rings. The predicted octanol–water partition coefficient (Wildman–Crippen LogP) is 1.50. The van der Waals surface area contributed by atoms with Gasteiger partial charge in [-0.1, -0.05) is 16.9 Å². The van der Waals surface area contributed by atoms with Crippen molar-refractivity contribution in [3.8, 4) is 11.5 Å². The van der Waals surface area contributed by atoms with Gasteiger partial charge in [-0.2, -0.15) is 0 Å². The number of aromatic nitrogens is 4. The molecular formula is C8H10N4OS. The molecule has 0 saturated heterocycles. The molecule has 0 radical (unpaired) electrons. The Labute approximate surface area is 85.5 Å². The maximum absolute atomic E-state index is 4.98. The van der Waals surface area contributed by atoms with E-state index < -0.39 is 0 Å². The third-order valence-corrected chi connectivity index (χ3v) is 2.60. The zero-order valence-electron chi connectivity index (χ0n) is 8.18. The molecular weight excluding hydrogens is 200 g/mol. The van der Waals surface area contributed by atoms with Crippen LogP contribution >= 0.6 is 11.8 Å². The summed E-state index contributed by atoms with van der Waals surface area (Å²) in [6.45, 7) is 1.85. The molecule has 0 N–H and O–H groups in total. The van der Waals surface area contributed by atoms with Crippen LogP contribution < -0.4 is 0 Å². The van der Waals surface area contributed by atoms with Crippen LogP contribution in [0, 0.1) is 6.92 Å². The highest BCUT2D eigenvalue weighted by molar-refractivity contribution is 7.98. The minimum atomic E-state index is 0.720. The SMILES string of the molecule is CSc1nnc(-c2cc(C)on2)n1C. The van der Waals surface area contributed by atoms with Gasteiger partial charge in [-0.3, -0.25) is 0 Å². The monoisotopic (exact) mass is 210 g/mol. The van der Waals surface area contributed by atoms with E-state index in [1.165, 1.54) is 0 Å². The standard InChI is InChI=1S/C8H10N4OS/c1-5-4-6(11-13-5)7-9-10-8(14-3)12(7)2/h4H,1-3H3. The molecule has 2 rings (SSSR count). The van der Waals surface area contributed by atoms with E-state index >= 15 is 0 Å². The van der Waals surface area contributed by atoms with Gasteiger partial charge in [0.1, 0.15) is 5.76 Å². The average molecular weight is 210 g/mol. The second kappa shape index (κ2) is 3.45. The highest BCUT2D eigenvalue weighted by Gasteiger charge is 2.12. The van der Waals surface area contributed by atoms with Gasteiger partial charge in [-0.05, 0) is 13.2 Å². The first-order valence-electron chi connectivity index (χ1n) is 4.09. The van der Waals surface area contributed by atoms with Gasteiger partial charge in [0.25, 0.3) is 0 Å². The van der Waals surface area contributed by atoms with Crippen LogP contribution in [0.4, 0.5) is 0 Å². The van der Waals surface area contributed by atoms with Gasteiger partial charge >= 0.3 is 0 Å². The molecule has 74 valence electrons. The number of aryl methyl sites for hydroxylation is 1. The highest BCUT2D eigenvalue weighted by Crippen LogP contribution is 2.20. The molecule has 6 heteroatoms. The summed E-state index contributed by atoms with van der Waals surface area (Å²) < 4.78 is 6.87. The number of rotatable bonds is 2. The summed E-state index contributed by atoms with van der Waals surface area (Å²) >= 11 is 1.55. The van der Waals surface area contributed by atoms with Crippen LogP contribution in [-0.4, -0.2) is 26.2 Å². The Morgan fingerprint density at radius 3 is 2.71 bits per heavy atom. The molecule has 0 aromatic carbocycles. The summed E-state index contributed by atoms with van der Waals surface area (Å²) in [4.78, 5) is 0. The molecule has 0 amide bonds. The Morgan fingerprint density at radius 1 is 1.43 bits per heavy atom. The summed E-state index contributed by atoms with van der Waals surface area (Å²) in [7, 11) is 1.91. The van der Waals surface area contributed by atoms with Crippen molar-refractivity contribution < 1.29 is 4.52 Å². The second-order valence-electron chi connectivity index (χ2n) is 2.89. The molecule has 0 spiro atoms. The molecule has 2 heterocycles. The van der Waals surface area contributed by atoms with Crippen LogP contribution in [0.3, 0.4) is 0 Å². The van der Waals surface area contributed by atoms with Crippen molar-refractivity contribution in [1.29, 1.82) is 0 Å². The zero-order chi connectivity index (χ0) is 10.1. The zero-order valence-corrected chi connectivity index (χ0v) is 9.00. The van der Waals surface area contributed by atoms with Crippen molar-refractivity contribution in [3.63, 3.8) is 0 Å². The van der Waals surface area contributed by atoms with Gasteiger partial charge in [0.05, 0.1) is 0 Å². The maximum Gasteiger partial charge on any atom is 0.191 e. The molecule has 0 saturated carbocycles. The molecule has 0 fully saturated rings. The molecule has 0 bridgehead atoms. The number of hydrogen-bond donors (Lipinski definition) is 0. The van der Waals surface area contributed by atoms with Crippen molar-refractivity contribution in [2.24, 2.45) is 7.05 Å². The van der Waals surface area contributed by atoms with Crippen molar-refractivity contribution >= 4 is 11.8 Å². The first kappa shape index (κ1) is 9.26. The lowest BCUT2D eigenvalue weighted by Gasteiger charge is -1.96.